The number of hydrogen-bond donors (Lipinski definition) is 7. The van der Waals surface area contributed by atoms with Gasteiger partial charge in [-0.05, 0) is 61.4 Å². The molecule has 218 valence electrons. The van der Waals surface area contributed by atoms with Crippen LogP contribution in [-0.4, -0.2) is 76.4 Å². The highest BCUT2D eigenvalue weighted by molar-refractivity contribution is 5.86. The number of unbranched alkanes of at least 4 members (excludes halogenated alkanes) is 1. The van der Waals surface area contributed by atoms with Crippen LogP contribution in [0.1, 0.15) is 51.0 Å². The highest BCUT2D eigenvalue weighted by Gasteiger charge is 2.25. The molecule has 2 rings (SSSR count). The van der Waals surface area contributed by atoms with E-state index < -0.39 is 48.5 Å². The number of carboxylic acids is 3. The van der Waals surface area contributed by atoms with Crippen molar-refractivity contribution in [1.29, 1.82) is 0 Å². The summed E-state index contributed by atoms with van der Waals surface area (Å²) in [5.74, 6) is -4.10. The van der Waals surface area contributed by atoms with Crippen LogP contribution in [0.15, 0.2) is 42.5 Å². The van der Waals surface area contributed by atoms with Gasteiger partial charge in [-0.2, -0.15) is 0 Å². The molecule has 40 heavy (non-hydrogen) atoms. The van der Waals surface area contributed by atoms with Gasteiger partial charge >= 0.3 is 23.9 Å². The minimum Gasteiger partial charge on any atom is -0.481 e. The summed E-state index contributed by atoms with van der Waals surface area (Å²) in [6, 6.07) is 9.93. The summed E-state index contributed by atoms with van der Waals surface area (Å²) >= 11 is 0. The molecule has 0 aromatic heterocycles. The van der Waals surface area contributed by atoms with Gasteiger partial charge in [0.05, 0.1) is 6.04 Å². The first-order valence-electron chi connectivity index (χ1n) is 13.3. The summed E-state index contributed by atoms with van der Waals surface area (Å²) < 4.78 is 0. The molecule has 0 aliphatic heterocycles. The number of amides is 3. The quantitative estimate of drug-likeness (QED) is 0.134. The van der Waals surface area contributed by atoms with Gasteiger partial charge in [0.1, 0.15) is 12.1 Å². The van der Waals surface area contributed by atoms with Crippen molar-refractivity contribution in [2.24, 2.45) is 0 Å². The van der Waals surface area contributed by atoms with Crippen LogP contribution in [-0.2, 0) is 25.6 Å². The van der Waals surface area contributed by atoms with Crippen molar-refractivity contribution in [3.05, 3.63) is 48.0 Å². The molecule has 2 aromatic rings. The first kappa shape index (κ1) is 32.0. The van der Waals surface area contributed by atoms with E-state index in [1.807, 2.05) is 43.3 Å². The van der Waals surface area contributed by atoms with Crippen molar-refractivity contribution >= 4 is 40.6 Å². The Balaban J connectivity index is 1.82. The van der Waals surface area contributed by atoms with Gasteiger partial charge in [0.25, 0.3) is 0 Å². The molecule has 2 aromatic carbocycles. The Kier molecular flexibility index (Phi) is 13.4. The number of carbonyl (C=O) groups is 5. The molecule has 0 fully saturated rings. The molecule has 7 N–H and O–H groups in total. The lowest BCUT2D eigenvalue weighted by Gasteiger charge is -2.19. The largest absolute Gasteiger partial charge is 0.481 e. The first-order chi connectivity index (χ1) is 19.1. The SMILES string of the molecule is CCCNC(Cc1ccc2ccccc2c1)C(=O)NCCCCC(NC(=O)NC(CCC(=O)O)C(=O)O)C(=O)O. The lowest BCUT2D eigenvalue weighted by Crippen LogP contribution is -2.51. The zero-order chi connectivity index (χ0) is 29.5. The zero-order valence-corrected chi connectivity index (χ0v) is 22.5. The molecule has 3 atom stereocenters. The molecule has 0 saturated heterocycles. The van der Waals surface area contributed by atoms with Crippen molar-refractivity contribution in [3.8, 4) is 0 Å². The topological polar surface area (TPSA) is 194 Å². The Morgan fingerprint density at radius 3 is 2.05 bits per heavy atom. The highest BCUT2D eigenvalue weighted by Crippen LogP contribution is 2.17. The van der Waals surface area contributed by atoms with E-state index in [1.165, 1.54) is 0 Å². The smallest absolute Gasteiger partial charge is 0.326 e. The monoisotopic (exact) mass is 558 g/mol. The van der Waals surface area contributed by atoms with E-state index in [9.17, 15) is 29.1 Å². The second-order valence-corrected chi connectivity index (χ2v) is 9.51. The van der Waals surface area contributed by atoms with Crippen LogP contribution in [0, 0.1) is 0 Å². The van der Waals surface area contributed by atoms with E-state index in [-0.39, 0.29) is 18.7 Å². The van der Waals surface area contributed by atoms with Gasteiger partial charge in [0, 0.05) is 13.0 Å². The summed E-state index contributed by atoms with van der Waals surface area (Å²) in [4.78, 5) is 58.5. The summed E-state index contributed by atoms with van der Waals surface area (Å²) in [5.41, 5.74) is 1.03. The molecule has 0 bridgehead atoms. The van der Waals surface area contributed by atoms with Crippen molar-refractivity contribution in [2.45, 2.75) is 70.0 Å². The molecule has 12 nitrogen and oxygen atoms in total. The number of carbonyl (C=O) groups excluding carboxylic acids is 2. The second kappa shape index (κ2) is 16.7. The third-order valence-electron chi connectivity index (χ3n) is 6.28. The Morgan fingerprint density at radius 2 is 1.43 bits per heavy atom. The lowest BCUT2D eigenvalue weighted by atomic mass is 10.0. The maximum Gasteiger partial charge on any atom is 0.326 e. The number of fused-ring (bicyclic) bond motifs is 1. The van der Waals surface area contributed by atoms with Gasteiger partial charge in [0.2, 0.25) is 5.91 Å². The fourth-order valence-corrected chi connectivity index (χ4v) is 4.13. The molecular formula is C28H38N4O8. The van der Waals surface area contributed by atoms with Crippen LogP contribution in [0.3, 0.4) is 0 Å². The number of rotatable bonds is 18. The van der Waals surface area contributed by atoms with E-state index >= 15 is 0 Å². The lowest BCUT2D eigenvalue weighted by molar-refractivity contribution is -0.140. The highest BCUT2D eigenvalue weighted by atomic mass is 16.4. The normalized spacial score (nSPS) is 13.1. The van der Waals surface area contributed by atoms with E-state index in [2.05, 4.69) is 27.3 Å². The van der Waals surface area contributed by atoms with Crippen LogP contribution in [0.4, 0.5) is 4.79 Å². The van der Waals surface area contributed by atoms with Gasteiger partial charge in [-0.3, -0.25) is 9.59 Å². The molecule has 3 unspecified atom stereocenters. The maximum absolute atomic E-state index is 12.9. The number of aliphatic carboxylic acids is 3. The molecule has 0 heterocycles. The molecule has 12 heteroatoms. The summed E-state index contributed by atoms with van der Waals surface area (Å²) in [7, 11) is 0. The van der Waals surface area contributed by atoms with E-state index in [0.29, 0.717) is 32.4 Å². The van der Waals surface area contributed by atoms with Crippen molar-refractivity contribution in [2.75, 3.05) is 13.1 Å². The Morgan fingerprint density at radius 1 is 0.775 bits per heavy atom. The van der Waals surface area contributed by atoms with Crippen molar-refractivity contribution in [3.63, 3.8) is 0 Å². The molecule has 0 aliphatic carbocycles. The predicted octanol–water partition coefficient (Wildman–Crippen LogP) is 2.11. The predicted molar refractivity (Wildman–Crippen MR) is 148 cm³/mol. The fraction of sp³-hybridized carbons (Fsp3) is 0.464. The van der Waals surface area contributed by atoms with E-state index in [4.69, 9.17) is 10.2 Å². The average molecular weight is 559 g/mol. The van der Waals surface area contributed by atoms with Gasteiger partial charge in [-0.1, -0.05) is 49.4 Å². The number of urea groups is 1. The van der Waals surface area contributed by atoms with E-state index in [1.54, 1.807) is 0 Å². The van der Waals surface area contributed by atoms with Crippen molar-refractivity contribution in [1.82, 2.24) is 21.3 Å². The summed E-state index contributed by atoms with van der Waals surface area (Å²) in [6.07, 6.45) is 1.46. The third-order valence-corrected chi connectivity index (χ3v) is 6.28. The molecule has 0 saturated carbocycles. The van der Waals surface area contributed by atoms with Gasteiger partial charge in [0.15, 0.2) is 0 Å². The Hall–Kier alpha value is -4.19. The number of nitrogens with one attached hydrogen (secondary N) is 4. The van der Waals surface area contributed by atoms with Gasteiger partial charge < -0.3 is 36.6 Å². The Bertz CT molecular complexity index is 1170. The zero-order valence-electron chi connectivity index (χ0n) is 22.5. The maximum atomic E-state index is 12.9. The average Bonchev–Trinajstić information content (AvgIpc) is 2.91. The molecule has 0 radical (unpaired) electrons. The molecule has 0 spiro atoms. The van der Waals surface area contributed by atoms with E-state index in [0.717, 1.165) is 22.8 Å². The van der Waals surface area contributed by atoms with Crippen LogP contribution in [0.25, 0.3) is 10.8 Å². The van der Waals surface area contributed by atoms with Crippen LogP contribution < -0.4 is 21.3 Å². The number of hydrogen-bond acceptors (Lipinski definition) is 6. The first-order valence-corrected chi connectivity index (χ1v) is 13.3. The number of benzene rings is 2. The van der Waals surface area contributed by atoms with Crippen LogP contribution >= 0.6 is 0 Å². The van der Waals surface area contributed by atoms with Gasteiger partial charge in [-0.25, -0.2) is 14.4 Å². The molecule has 3 amide bonds. The summed E-state index contributed by atoms with van der Waals surface area (Å²) in [6.45, 7) is 3.01. The van der Waals surface area contributed by atoms with Crippen LogP contribution in [0.2, 0.25) is 0 Å². The molecular weight excluding hydrogens is 520 g/mol. The van der Waals surface area contributed by atoms with Crippen LogP contribution in [0.5, 0.6) is 0 Å². The molecule has 0 aliphatic rings. The van der Waals surface area contributed by atoms with Crippen molar-refractivity contribution < 1.29 is 39.3 Å². The Labute approximate surface area is 232 Å². The second-order valence-electron chi connectivity index (χ2n) is 9.51. The fourth-order valence-electron chi connectivity index (χ4n) is 4.13. The minimum absolute atomic E-state index is 0.0556. The minimum atomic E-state index is -1.47. The third kappa shape index (κ3) is 11.3. The summed E-state index contributed by atoms with van der Waals surface area (Å²) in [5, 5.41) is 40.0. The van der Waals surface area contributed by atoms with Gasteiger partial charge in [-0.15, -0.1) is 0 Å². The standard InChI is InChI=1S/C28H38N4O8/c1-2-14-29-23(17-18-10-11-19-7-3-4-8-20(19)16-18)25(35)30-15-6-5-9-21(26(36)37)31-28(40)32-22(27(38)39)12-13-24(33)34/h3-4,7-8,10-11,16,21-23,29H,2,5-6,9,12-15,17H2,1H3,(H,30,35)(H,33,34)(H,36,37)(H,38,39)(H2,31,32,40). The number of carboxylic acid groups (broad SMARTS) is 3.